The zero-order chi connectivity index (χ0) is 18.9. The van der Waals surface area contributed by atoms with Gasteiger partial charge in [0.15, 0.2) is 0 Å². The highest BCUT2D eigenvalue weighted by atomic mass is 32.2. The van der Waals surface area contributed by atoms with Gasteiger partial charge in [-0.3, -0.25) is 9.20 Å². The van der Waals surface area contributed by atoms with E-state index >= 15 is 0 Å². The Morgan fingerprint density at radius 2 is 1.86 bits per heavy atom. The molecule has 0 amide bonds. The van der Waals surface area contributed by atoms with E-state index in [0.29, 0.717) is 11.4 Å². The lowest BCUT2D eigenvalue weighted by Gasteiger charge is -2.04. The molecule has 0 aliphatic carbocycles. The van der Waals surface area contributed by atoms with Gasteiger partial charge < -0.3 is 0 Å². The molecule has 0 spiro atoms. The first-order valence-corrected chi connectivity index (χ1v) is 10.5. The first-order valence-electron chi connectivity index (χ1n) is 8.68. The van der Waals surface area contributed by atoms with E-state index in [0.717, 1.165) is 20.9 Å². The van der Waals surface area contributed by atoms with Gasteiger partial charge in [-0.2, -0.15) is 0 Å². The van der Waals surface area contributed by atoms with Crippen LogP contribution < -0.4 is 5.56 Å². The molecular weight excluding hydrogens is 388 g/mol. The summed E-state index contributed by atoms with van der Waals surface area (Å²) in [5.41, 5.74) is 2.49. The van der Waals surface area contributed by atoms with Crippen LogP contribution >= 0.6 is 23.1 Å². The number of thiophene rings is 1. The number of benzene rings is 1. The van der Waals surface area contributed by atoms with E-state index in [-0.39, 0.29) is 5.56 Å². The Hall–Kier alpha value is -3.03. The van der Waals surface area contributed by atoms with Crippen molar-refractivity contribution in [3.8, 4) is 10.4 Å². The van der Waals surface area contributed by atoms with Crippen LogP contribution in [-0.2, 0) is 5.75 Å². The third-order valence-corrected chi connectivity index (χ3v) is 6.46. The maximum atomic E-state index is 12.3. The van der Waals surface area contributed by atoms with Crippen LogP contribution in [0.2, 0.25) is 0 Å². The molecule has 136 valence electrons. The zero-order valence-electron chi connectivity index (χ0n) is 14.6. The number of aromatic nitrogens is 4. The van der Waals surface area contributed by atoms with Crippen molar-refractivity contribution in [1.29, 1.82) is 0 Å². The van der Waals surface area contributed by atoms with Gasteiger partial charge in [0, 0.05) is 28.3 Å². The normalized spacial score (nSPS) is 11.3. The number of thioether (sulfide) groups is 1. The second-order valence-electron chi connectivity index (χ2n) is 6.18. The molecule has 0 saturated carbocycles. The fraction of sp³-hybridized carbons (Fsp3) is 0.0476. The second kappa shape index (κ2) is 7.18. The first-order chi connectivity index (χ1) is 13.8. The molecule has 0 bridgehead atoms. The Kier molecular flexibility index (Phi) is 4.38. The van der Waals surface area contributed by atoms with Crippen LogP contribution in [0.25, 0.3) is 26.3 Å². The lowest BCUT2D eigenvalue weighted by Crippen LogP contribution is -2.14. The Balaban J connectivity index is 1.47. The van der Waals surface area contributed by atoms with Gasteiger partial charge in [-0.25, -0.2) is 15.0 Å². The van der Waals surface area contributed by atoms with E-state index in [1.807, 2.05) is 36.4 Å². The third kappa shape index (κ3) is 3.19. The van der Waals surface area contributed by atoms with Gasteiger partial charge in [-0.05, 0) is 23.8 Å². The molecule has 0 saturated heterocycles. The summed E-state index contributed by atoms with van der Waals surface area (Å²) in [7, 11) is 0. The van der Waals surface area contributed by atoms with Crippen LogP contribution in [0.4, 0.5) is 0 Å². The standard InChI is InChI=1S/C21H14N4OS2/c26-19-10-15(24-18-8-4-5-9-25(18)19)12-27-20-16-11-17(14-6-2-1-3-7-14)28-21(16)23-13-22-20/h1-11,13H,12H2. The van der Waals surface area contributed by atoms with Crippen molar-refractivity contribution in [3.05, 3.63) is 89.2 Å². The van der Waals surface area contributed by atoms with Crippen LogP contribution in [0.5, 0.6) is 0 Å². The molecular formula is C21H14N4OS2. The van der Waals surface area contributed by atoms with Gasteiger partial charge >= 0.3 is 0 Å². The topological polar surface area (TPSA) is 60.2 Å². The molecule has 5 aromatic rings. The molecule has 0 fully saturated rings. The largest absolute Gasteiger partial charge is 0.269 e. The highest BCUT2D eigenvalue weighted by Crippen LogP contribution is 2.36. The van der Waals surface area contributed by atoms with Crippen molar-refractivity contribution < 1.29 is 0 Å². The van der Waals surface area contributed by atoms with Crippen molar-refractivity contribution in [3.63, 3.8) is 0 Å². The molecule has 0 aliphatic rings. The van der Waals surface area contributed by atoms with E-state index in [1.54, 1.807) is 46.1 Å². The summed E-state index contributed by atoms with van der Waals surface area (Å²) in [5, 5.41) is 1.94. The van der Waals surface area contributed by atoms with Crippen LogP contribution in [-0.4, -0.2) is 19.4 Å². The van der Waals surface area contributed by atoms with Gasteiger partial charge in [0.1, 0.15) is 21.8 Å². The van der Waals surface area contributed by atoms with Crippen molar-refractivity contribution in [1.82, 2.24) is 19.4 Å². The van der Waals surface area contributed by atoms with Gasteiger partial charge in [-0.1, -0.05) is 48.2 Å². The number of hydrogen-bond acceptors (Lipinski definition) is 6. The predicted octanol–water partition coefficient (Wildman–Crippen LogP) is 4.66. The maximum absolute atomic E-state index is 12.3. The van der Waals surface area contributed by atoms with Gasteiger partial charge in [0.05, 0.1) is 5.69 Å². The first kappa shape index (κ1) is 17.1. The number of nitrogens with zero attached hydrogens (tertiary/aromatic N) is 4. The molecule has 5 rings (SSSR count). The van der Waals surface area contributed by atoms with Crippen LogP contribution in [0, 0.1) is 0 Å². The molecule has 0 aliphatic heterocycles. The van der Waals surface area contributed by atoms with Gasteiger partial charge in [0.25, 0.3) is 5.56 Å². The van der Waals surface area contributed by atoms with Crippen LogP contribution in [0.3, 0.4) is 0 Å². The summed E-state index contributed by atoms with van der Waals surface area (Å²) in [6.07, 6.45) is 3.32. The minimum absolute atomic E-state index is 0.0732. The highest BCUT2D eigenvalue weighted by molar-refractivity contribution is 7.98. The minimum atomic E-state index is -0.0732. The lowest BCUT2D eigenvalue weighted by atomic mass is 10.2. The smallest absolute Gasteiger partial charge is 0.258 e. The summed E-state index contributed by atoms with van der Waals surface area (Å²) in [6, 6.07) is 19.5. The Morgan fingerprint density at radius 3 is 2.75 bits per heavy atom. The molecule has 7 heteroatoms. The minimum Gasteiger partial charge on any atom is -0.269 e. The number of rotatable bonds is 4. The Morgan fingerprint density at radius 1 is 1.00 bits per heavy atom. The fourth-order valence-electron chi connectivity index (χ4n) is 3.01. The summed E-state index contributed by atoms with van der Waals surface area (Å²) in [5.74, 6) is 0.573. The number of fused-ring (bicyclic) bond motifs is 2. The third-order valence-electron chi connectivity index (χ3n) is 4.33. The average molecular weight is 403 g/mol. The number of hydrogen-bond donors (Lipinski definition) is 0. The molecule has 5 nitrogen and oxygen atoms in total. The average Bonchev–Trinajstić information content (AvgIpc) is 3.18. The monoisotopic (exact) mass is 402 g/mol. The number of pyridine rings is 1. The lowest BCUT2D eigenvalue weighted by molar-refractivity contribution is 1.01. The van der Waals surface area contributed by atoms with Gasteiger partial charge in [0.2, 0.25) is 0 Å². The molecule has 4 heterocycles. The molecule has 1 aromatic carbocycles. The van der Waals surface area contributed by atoms with Crippen LogP contribution in [0.1, 0.15) is 5.69 Å². The molecule has 28 heavy (non-hydrogen) atoms. The SMILES string of the molecule is O=c1cc(CSc2ncnc3sc(-c4ccccc4)cc23)nc2ccccn12. The Labute approximate surface area is 168 Å². The van der Waals surface area contributed by atoms with E-state index in [9.17, 15) is 4.79 Å². The highest BCUT2D eigenvalue weighted by Gasteiger charge is 2.11. The van der Waals surface area contributed by atoms with E-state index in [4.69, 9.17) is 0 Å². The fourth-order valence-corrected chi connectivity index (χ4v) is 4.95. The molecule has 4 aromatic heterocycles. The molecule has 0 radical (unpaired) electrons. The zero-order valence-corrected chi connectivity index (χ0v) is 16.3. The maximum Gasteiger partial charge on any atom is 0.258 e. The Bertz CT molecular complexity index is 1350. The second-order valence-corrected chi connectivity index (χ2v) is 8.17. The van der Waals surface area contributed by atoms with Gasteiger partial charge in [-0.15, -0.1) is 11.3 Å². The molecule has 0 unspecified atom stereocenters. The molecule has 0 N–H and O–H groups in total. The van der Waals surface area contributed by atoms with Crippen molar-refractivity contribution in [2.24, 2.45) is 0 Å². The van der Waals surface area contributed by atoms with E-state index < -0.39 is 0 Å². The summed E-state index contributed by atoms with van der Waals surface area (Å²) in [6.45, 7) is 0. The van der Waals surface area contributed by atoms with Crippen molar-refractivity contribution in [2.45, 2.75) is 10.8 Å². The predicted molar refractivity (Wildman–Crippen MR) is 114 cm³/mol. The summed E-state index contributed by atoms with van der Waals surface area (Å²) >= 11 is 3.23. The summed E-state index contributed by atoms with van der Waals surface area (Å²) < 4.78 is 1.54. The quantitative estimate of drug-likeness (QED) is 0.323. The van der Waals surface area contributed by atoms with E-state index in [1.165, 1.54) is 10.4 Å². The van der Waals surface area contributed by atoms with Crippen molar-refractivity contribution in [2.75, 3.05) is 0 Å². The summed E-state index contributed by atoms with van der Waals surface area (Å²) in [4.78, 5) is 27.9. The van der Waals surface area contributed by atoms with Crippen LogP contribution in [0.15, 0.2) is 83.0 Å². The van der Waals surface area contributed by atoms with Crippen molar-refractivity contribution >= 4 is 39.0 Å². The van der Waals surface area contributed by atoms with E-state index in [2.05, 4.69) is 33.2 Å². The molecule has 0 atom stereocenters.